The van der Waals surface area contributed by atoms with Crippen molar-refractivity contribution in [2.75, 3.05) is 25.8 Å². The quantitative estimate of drug-likeness (QED) is 0.729. The minimum atomic E-state index is -0.394. The van der Waals surface area contributed by atoms with Gasteiger partial charge in [-0.3, -0.25) is 14.4 Å². The molecule has 1 aliphatic rings. The average molecular weight is 274 g/mol. The highest BCUT2D eigenvalue weighted by atomic mass is 32.2. The predicted molar refractivity (Wildman–Crippen MR) is 71.8 cm³/mol. The summed E-state index contributed by atoms with van der Waals surface area (Å²) in [5.41, 5.74) is -0.0644. The van der Waals surface area contributed by atoms with E-state index in [-0.39, 0.29) is 17.2 Å². The molecular weight excluding hydrogens is 252 g/mol. The van der Waals surface area contributed by atoms with Crippen molar-refractivity contribution in [3.05, 3.63) is 0 Å². The molecule has 1 heterocycles. The zero-order chi connectivity index (χ0) is 13.9. The van der Waals surface area contributed by atoms with Crippen LogP contribution in [0.3, 0.4) is 0 Å². The van der Waals surface area contributed by atoms with Crippen LogP contribution in [0.25, 0.3) is 0 Å². The van der Waals surface area contributed by atoms with Crippen molar-refractivity contribution in [2.24, 2.45) is 5.41 Å². The van der Waals surface area contributed by atoms with E-state index in [1.807, 2.05) is 20.8 Å². The van der Waals surface area contributed by atoms with E-state index in [9.17, 15) is 9.59 Å². The highest BCUT2D eigenvalue weighted by molar-refractivity contribution is 7.99. The van der Waals surface area contributed by atoms with Crippen molar-refractivity contribution in [1.29, 1.82) is 0 Å². The first-order valence-corrected chi connectivity index (χ1v) is 7.10. The number of carbonyl (C=O) groups excluding carboxylic acids is 2. The first kappa shape index (κ1) is 15.3. The Morgan fingerprint density at radius 3 is 2.56 bits per heavy atom. The van der Waals surface area contributed by atoms with Crippen LogP contribution in [-0.2, 0) is 14.4 Å². The summed E-state index contributed by atoms with van der Waals surface area (Å²) >= 11 is 1.60. The van der Waals surface area contributed by atoms with Crippen molar-refractivity contribution < 1.29 is 14.4 Å². The number of thioether (sulfide) groups is 1. The Labute approximate surface area is 113 Å². The van der Waals surface area contributed by atoms with Crippen LogP contribution in [0.2, 0.25) is 0 Å². The molecule has 1 fully saturated rings. The fourth-order valence-electron chi connectivity index (χ4n) is 1.75. The largest absolute Gasteiger partial charge is 0.320 e. The van der Waals surface area contributed by atoms with Crippen molar-refractivity contribution in [1.82, 2.24) is 9.96 Å². The molecule has 0 radical (unpaired) electrons. The minimum Gasteiger partial charge on any atom is -0.320 e. The lowest BCUT2D eigenvalue weighted by atomic mass is 9.91. The number of amides is 2. The fourth-order valence-corrected chi connectivity index (χ4v) is 2.92. The lowest BCUT2D eigenvalue weighted by molar-refractivity contribution is -0.174. The maximum absolute atomic E-state index is 12.2. The molecule has 1 aliphatic heterocycles. The Morgan fingerprint density at radius 1 is 1.44 bits per heavy atom. The lowest BCUT2D eigenvalue weighted by Gasteiger charge is -2.28. The molecule has 1 atom stereocenters. The van der Waals surface area contributed by atoms with Crippen LogP contribution < -0.4 is 0 Å². The molecule has 2 amide bonds. The number of hydroxylamine groups is 2. The van der Waals surface area contributed by atoms with Gasteiger partial charge in [0.25, 0.3) is 5.91 Å². The molecule has 0 spiro atoms. The van der Waals surface area contributed by atoms with Crippen LogP contribution >= 0.6 is 11.8 Å². The second-order valence-electron chi connectivity index (χ2n) is 5.63. The third-order valence-corrected chi connectivity index (χ3v) is 3.77. The Hall–Kier alpha value is -0.750. The van der Waals surface area contributed by atoms with Gasteiger partial charge in [0, 0.05) is 19.2 Å². The van der Waals surface area contributed by atoms with E-state index in [0.29, 0.717) is 18.1 Å². The number of hydrogen-bond acceptors (Lipinski definition) is 4. The lowest BCUT2D eigenvalue weighted by Crippen LogP contribution is -2.48. The molecule has 5 nitrogen and oxygen atoms in total. The molecule has 6 heteroatoms. The summed E-state index contributed by atoms with van der Waals surface area (Å²) in [5, 5.41) is 1.19. The summed E-state index contributed by atoms with van der Waals surface area (Å²) in [4.78, 5) is 30.8. The molecule has 0 bridgehead atoms. The zero-order valence-electron chi connectivity index (χ0n) is 11.7. The molecule has 0 unspecified atom stereocenters. The van der Waals surface area contributed by atoms with Gasteiger partial charge in [-0.15, -0.1) is 11.8 Å². The normalized spacial score (nSPS) is 20.1. The number of rotatable bonds is 3. The Balaban J connectivity index is 2.70. The van der Waals surface area contributed by atoms with Crippen LogP contribution in [0.1, 0.15) is 27.2 Å². The molecule has 1 saturated heterocycles. The van der Waals surface area contributed by atoms with Crippen LogP contribution in [-0.4, -0.2) is 53.6 Å². The van der Waals surface area contributed by atoms with Crippen molar-refractivity contribution in [3.8, 4) is 0 Å². The van der Waals surface area contributed by atoms with E-state index < -0.39 is 6.04 Å². The molecular formula is C12H22N2O3S. The van der Waals surface area contributed by atoms with Crippen molar-refractivity contribution in [2.45, 2.75) is 33.2 Å². The Bertz CT molecular complexity index is 328. The summed E-state index contributed by atoms with van der Waals surface area (Å²) in [6.45, 7) is 6.06. The smallest absolute Gasteiger partial charge is 0.269 e. The summed E-state index contributed by atoms with van der Waals surface area (Å²) < 4.78 is 0. The number of nitrogens with zero attached hydrogens (tertiary/aromatic N) is 2. The van der Waals surface area contributed by atoms with Gasteiger partial charge in [0.05, 0.1) is 13.0 Å². The van der Waals surface area contributed by atoms with Crippen molar-refractivity contribution >= 4 is 23.6 Å². The van der Waals surface area contributed by atoms with Crippen LogP contribution in [0.5, 0.6) is 0 Å². The topological polar surface area (TPSA) is 49.9 Å². The molecule has 0 aromatic carbocycles. The maximum Gasteiger partial charge on any atom is 0.269 e. The Morgan fingerprint density at radius 2 is 2.06 bits per heavy atom. The van der Waals surface area contributed by atoms with Gasteiger partial charge < -0.3 is 4.90 Å². The summed E-state index contributed by atoms with van der Waals surface area (Å²) in [6, 6.07) is -0.394. The third kappa shape index (κ3) is 3.88. The van der Waals surface area contributed by atoms with Gasteiger partial charge >= 0.3 is 0 Å². The highest BCUT2D eigenvalue weighted by Crippen LogP contribution is 2.27. The monoisotopic (exact) mass is 274 g/mol. The zero-order valence-corrected chi connectivity index (χ0v) is 12.5. The van der Waals surface area contributed by atoms with E-state index in [1.165, 1.54) is 12.2 Å². The van der Waals surface area contributed by atoms with Gasteiger partial charge in [0.15, 0.2) is 0 Å². The summed E-state index contributed by atoms with van der Waals surface area (Å²) in [5.74, 6) is 1.10. The second kappa shape index (κ2) is 5.93. The molecule has 104 valence electrons. The van der Waals surface area contributed by atoms with E-state index in [0.717, 1.165) is 0 Å². The number of likely N-dealkylation sites (N-methyl/N-ethyl adjacent to an activating group) is 1. The first-order chi connectivity index (χ1) is 8.26. The van der Waals surface area contributed by atoms with E-state index in [4.69, 9.17) is 4.84 Å². The van der Waals surface area contributed by atoms with E-state index >= 15 is 0 Å². The SMILES string of the molecule is CON(C)C(=O)[C@H]1CSCN1C(=O)CC(C)(C)C. The van der Waals surface area contributed by atoms with Gasteiger partial charge in [0.2, 0.25) is 5.91 Å². The van der Waals surface area contributed by atoms with Crippen LogP contribution in [0.15, 0.2) is 0 Å². The molecule has 0 N–H and O–H groups in total. The highest BCUT2D eigenvalue weighted by Gasteiger charge is 2.37. The van der Waals surface area contributed by atoms with Crippen molar-refractivity contribution in [3.63, 3.8) is 0 Å². The molecule has 0 aromatic rings. The third-order valence-electron chi connectivity index (χ3n) is 2.75. The van der Waals surface area contributed by atoms with E-state index in [2.05, 4.69) is 0 Å². The molecule has 0 saturated carbocycles. The Kier molecular flexibility index (Phi) is 5.04. The summed E-state index contributed by atoms with van der Waals surface area (Å²) in [7, 11) is 3.01. The molecule has 0 aromatic heterocycles. The fraction of sp³-hybridized carbons (Fsp3) is 0.833. The molecule has 18 heavy (non-hydrogen) atoms. The van der Waals surface area contributed by atoms with Crippen LogP contribution in [0, 0.1) is 5.41 Å². The predicted octanol–water partition coefficient (Wildman–Crippen LogP) is 1.34. The second-order valence-corrected chi connectivity index (χ2v) is 6.63. The number of carbonyl (C=O) groups is 2. The van der Waals surface area contributed by atoms with Gasteiger partial charge in [0.1, 0.15) is 6.04 Å². The summed E-state index contributed by atoms with van der Waals surface area (Å²) in [6.07, 6.45) is 0.452. The molecule has 0 aliphatic carbocycles. The maximum atomic E-state index is 12.2. The molecule has 1 rings (SSSR count). The van der Waals surface area contributed by atoms with Gasteiger partial charge in [-0.2, -0.15) is 0 Å². The van der Waals surface area contributed by atoms with E-state index in [1.54, 1.807) is 23.7 Å². The standard InChI is InChI=1S/C12H22N2O3S/c1-12(2,3)6-10(15)14-8-18-7-9(14)11(16)13(4)17-5/h9H,6-8H2,1-5H3/t9-/m1/s1. The minimum absolute atomic E-state index is 0.0374. The van der Waals surface area contributed by atoms with Gasteiger partial charge in [-0.05, 0) is 5.41 Å². The number of hydrogen-bond donors (Lipinski definition) is 0. The van der Waals surface area contributed by atoms with Crippen LogP contribution in [0.4, 0.5) is 0 Å². The first-order valence-electron chi connectivity index (χ1n) is 5.95. The van der Waals surface area contributed by atoms with Gasteiger partial charge in [-0.25, -0.2) is 5.06 Å². The average Bonchev–Trinajstić information content (AvgIpc) is 2.73. The van der Waals surface area contributed by atoms with Gasteiger partial charge in [-0.1, -0.05) is 20.8 Å².